The molecule has 3 aromatic heterocycles. The van der Waals surface area contributed by atoms with E-state index in [1.165, 1.54) is 11.3 Å². The summed E-state index contributed by atoms with van der Waals surface area (Å²) >= 11 is 1.50. The highest BCUT2D eigenvalue weighted by Crippen LogP contribution is 2.32. The van der Waals surface area contributed by atoms with E-state index in [0.717, 1.165) is 27.0 Å². The molecule has 5 rings (SSSR count). The van der Waals surface area contributed by atoms with Crippen LogP contribution < -0.4 is 10.4 Å². The van der Waals surface area contributed by atoms with Crippen molar-refractivity contribution in [1.29, 1.82) is 0 Å². The number of pyridine rings is 2. The Bertz CT molecular complexity index is 1150. The molecule has 0 radical (unpaired) electrons. The number of hydrogen-bond acceptors (Lipinski definition) is 6. The van der Waals surface area contributed by atoms with Gasteiger partial charge in [0.15, 0.2) is 5.75 Å². The van der Waals surface area contributed by atoms with Crippen LogP contribution in [0.25, 0.3) is 32.7 Å². The molecule has 1 aliphatic rings. The summed E-state index contributed by atoms with van der Waals surface area (Å²) in [7, 11) is 0. The molecule has 0 aliphatic carbocycles. The topological polar surface area (TPSA) is 77.1 Å². The molecule has 7 heteroatoms. The van der Waals surface area contributed by atoms with Crippen LogP contribution in [0.5, 0.6) is 5.75 Å². The first-order valence-electron chi connectivity index (χ1n) is 7.64. The average Bonchev–Trinajstić information content (AvgIpc) is 3.29. The quantitative estimate of drug-likeness (QED) is 0.560. The van der Waals surface area contributed by atoms with Gasteiger partial charge >= 0.3 is 0 Å². The van der Waals surface area contributed by atoms with E-state index in [2.05, 4.69) is 15.0 Å². The molecule has 0 saturated heterocycles. The van der Waals surface area contributed by atoms with E-state index < -0.39 is 0 Å². The van der Waals surface area contributed by atoms with E-state index in [0.29, 0.717) is 23.6 Å². The lowest BCUT2D eigenvalue weighted by Gasteiger charge is -2.03. The molecule has 0 bridgehead atoms. The molecule has 0 amide bonds. The zero-order chi connectivity index (χ0) is 16.8. The number of benzene rings is 1. The number of hydrogen-bond donors (Lipinski definition) is 1. The first-order chi connectivity index (χ1) is 12.3. The van der Waals surface area contributed by atoms with E-state index in [1.54, 1.807) is 12.4 Å². The molecule has 0 atom stereocenters. The molecule has 1 aliphatic heterocycles. The first-order valence-corrected chi connectivity index (χ1v) is 8.51. The monoisotopic (exact) mass is 349 g/mol. The normalized spacial score (nSPS) is 13.0. The van der Waals surface area contributed by atoms with Gasteiger partial charge in [-0.05, 0) is 30.3 Å². The summed E-state index contributed by atoms with van der Waals surface area (Å²) in [4.78, 5) is 34.2. The van der Waals surface area contributed by atoms with Crippen molar-refractivity contribution < 1.29 is 9.78 Å². The molecule has 0 spiro atoms. The zero-order valence-electron chi connectivity index (χ0n) is 12.9. The number of H-pyrrole nitrogens is 1. The number of aromatic nitrogens is 3. The van der Waals surface area contributed by atoms with Crippen molar-refractivity contribution in [2.24, 2.45) is 0 Å². The second-order valence-electron chi connectivity index (χ2n) is 5.68. The van der Waals surface area contributed by atoms with E-state index in [9.17, 15) is 4.79 Å². The van der Waals surface area contributed by atoms with Gasteiger partial charge in [0.25, 0.3) is 5.56 Å². The Hall–Kier alpha value is -3.03. The molecule has 6 nitrogen and oxygen atoms in total. The summed E-state index contributed by atoms with van der Waals surface area (Å²) in [6.07, 6.45) is 3.45. The van der Waals surface area contributed by atoms with Crippen LogP contribution in [0.3, 0.4) is 0 Å². The second-order valence-corrected chi connectivity index (χ2v) is 6.54. The maximum atomic E-state index is 12.5. The number of nitrogens with one attached hydrogen (secondary N) is 1. The predicted molar refractivity (Wildman–Crippen MR) is 94.3 cm³/mol. The van der Waals surface area contributed by atoms with Crippen molar-refractivity contribution in [3.05, 3.63) is 64.0 Å². The maximum Gasteiger partial charge on any atom is 0.257 e. The lowest BCUT2D eigenvalue weighted by atomic mass is 10.1. The lowest BCUT2D eigenvalue weighted by molar-refractivity contribution is -0.194. The van der Waals surface area contributed by atoms with Crippen molar-refractivity contribution in [2.75, 3.05) is 0 Å². The van der Waals surface area contributed by atoms with Gasteiger partial charge in [0.1, 0.15) is 11.6 Å². The zero-order valence-corrected chi connectivity index (χ0v) is 13.7. The lowest BCUT2D eigenvalue weighted by Crippen LogP contribution is -2.09. The van der Waals surface area contributed by atoms with Gasteiger partial charge in [-0.2, -0.15) is 4.89 Å². The molecule has 122 valence electrons. The fourth-order valence-corrected chi connectivity index (χ4v) is 3.67. The minimum atomic E-state index is -0.168. The minimum absolute atomic E-state index is 0.168. The third kappa shape index (κ3) is 2.41. The van der Waals surface area contributed by atoms with Crippen molar-refractivity contribution >= 4 is 22.2 Å². The van der Waals surface area contributed by atoms with Crippen LogP contribution in [0.4, 0.5) is 0 Å². The van der Waals surface area contributed by atoms with Crippen LogP contribution >= 0.6 is 11.3 Å². The summed E-state index contributed by atoms with van der Waals surface area (Å²) in [5.41, 5.74) is 3.67. The van der Waals surface area contributed by atoms with Gasteiger partial charge in [0, 0.05) is 39.8 Å². The van der Waals surface area contributed by atoms with Gasteiger partial charge in [0.05, 0.1) is 11.3 Å². The van der Waals surface area contributed by atoms with Crippen LogP contribution in [-0.4, -0.2) is 15.0 Å². The highest BCUT2D eigenvalue weighted by Gasteiger charge is 2.17. The molecule has 1 aromatic carbocycles. The first kappa shape index (κ1) is 14.3. The van der Waals surface area contributed by atoms with Crippen LogP contribution in [-0.2, 0) is 11.5 Å². The predicted octanol–water partition coefficient (Wildman–Crippen LogP) is 3.54. The van der Waals surface area contributed by atoms with E-state index in [4.69, 9.17) is 9.78 Å². The largest absolute Gasteiger partial charge is 0.337 e. The molecular formula is C18H11N3O3S. The summed E-state index contributed by atoms with van der Waals surface area (Å²) in [6.45, 7) is 0.385. The van der Waals surface area contributed by atoms with Crippen molar-refractivity contribution in [1.82, 2.24) is 15.0 Å². The van der Waals surface area contributed by atoms with E-state index >= 15 is 0 Å². The van der Waals surface area contributed by atoms with Gasteiger partial charge < -0.3 is 9.87 Å². The molecular weight excluding hydrogens is 338 g/mol. The molecule has 0 unspecified atom stereocenters. The maximum absolute atomic E-state index is 12.5. The fourth-order valence-electron chi connectivity index (χ4n) is 2.84. The number of nitrogens with zero attached hydrogens (tertiary/aromatic N) is 2. The Balaban J connectivity index is 1.63. The van der Waals surface area contributed by atoms with E-state index in [1.807, 2.05) is 35.7 Å². The molecule has 0 saturated carbocycles. The molecule has 0 fully saturated rings. The third-order valence-corrected chi connectivity index (χ3v) is 4.99. The van der Waals surface area contributed by atoms with Gasteiger partial charge in [-0.1, -0.05) is 0 Å². The number of fused-ring (bicyclic) bond motifs is 2. The Kier molecular flexibility index (Phi) is 3.16. The van der Waals surface area contributed by atoms with Gasteiger partial charge in [0.2, 0.25) is 0 Å². The van der Waals surface area contributed by atoms with Gasteiger partial charge in [-0.3, -0.25) is 9.78 Å². The Labute approximate surface area is 145 Å². The summed E-state index contributed by atoms with van der Waals surface area (Å²) < 4.78 is 0. The summed E-state index contributed by atoms with van der Waals surface area (Å²) in [5.74, 6) is 0.682. The second kappa shape index (κ2) is 5.51. The van der Waals surface area contributed by atoms with Crippen LogP contribution in [0.1, 0.15) is 5.56 Å². The number of thiazole rings is 1. The summed E-state index contributed by atoms with van der Waals surface area (Å²) in [6, 6.07) is 9.38. The Morgan fingerprint density at radius 1 is 1.16 bits per heavy atom. The molecule has 25 heavy (non-hydrogen) atoms. The van der Waals surface area contributed by atoms with Crippen LogP contribution in [0.2, 0.25) is 0 Å². The van der Waals surface area contributed by atoms with Gasteiger partial charge in [-0.15, -0.1) is 11.3 Å². The summed E-state index contributed by atoms with van der Waals surface area (Å²) in [5, 5.41) is 3.61. The highest BCUT2D eigenvalue weighted by atomic mass is 32.1. The molecule has 4 aromatic rings. The number of aromatic amines is 1. The molecule has 1 N–H and O–H groups in total. The van der Waals surface area contributed by atoms with Crippen LogP contribution in [0, 0.1) is 0 Å². The van der Waals surface area contributed by atoms with Crippen molar-refractivity contribution in [3.8, 4) is 27.6 Å². The fraction of sp³-hybridized carbons (Fsp3) is 0.0556. The average molecular weight is 349 g/mol. The standard InChI is InChI=1S/C18H11N3O3S/c22-17-13(15-9-25-18(21-15)10-1-3-19-4-2-10)5-11-7-16-12(8-23-24-16)6-14(11)20-17/h1-7,9H,8H2,(H,20,22). The van der Waals surface area contributed by atoms with Crippen LogP contribution in [0.15, 0.2) is 52.9 Å². The Morgan fingerprint density at radius 3 is 2.92 bits per heavy atom. The van der Waals surface area contributed by atoms with E-state index in [-0.39, 0.29) is 5.56 Å². The van der Waals surface area contributed by atoms with Gasteiger partial charge in [-0.25, -0.2) is 4.98 Å². The Morgan fingerprint density at radius 2 is 2.04 bits per heavy atom. The highest BCUT2D eigenvalue weighted by molar-refractivity contribution is 7.13. The molecule has 4 heterocycles. The van der Waals surface area contributed by atoms with Crippen molar-refractivity contribution in [2.45, 2.75) is 6.61 Å². The smallest absolute Gasteiger partial charge is 0.257 e. The number of rotatable bonds is 2. The SMILES string of the molecule is O=c1[nH]c2cc3c(cc2cc1-c1csc(-c2ccncc2)n1)OOC3. The third-order valence-electron chi connectivity index (χ3n) is 4.10. The van der Waals surface area contributed by atoms with Crippen molar-refractivity contribution in [3.63, 3.8) is 0 Å². The minimum Gasteiger partial charge on any atom is -0.337 e.